The Hall–Kier alpha value is -1.66. The lowest BCUT2D eigenvalue weighted by Gasteiger charge is -2.08. The van der Waals surface area contributed by atoms with Crippen LogP contribution in [0.4, 0.5) is 11.4 Å². The summed E-state index contributed by atoms with van der Waals surface area (Å²) in [7, 11) is 1.59. The van der Waals surface area contributed by atoms with E-state index < -0.39 is 0 Å². The highest BCUT2D eigenvalue weighted by molar-refractivity contribution is 9.10. The molecule has 0 saturated carbocycles. The molecule has 3 N–H and O–H groups in total. The van der Waals surface area contributed by atoms with Gasteiger partial charge in [-0.1, -0.05) is 22.0 Å². The highest BCUT2D eigenvalue weighted by atomic mass is 79.9. The molecule has 2 aromatic rings. The molecule has 2 rings (SSSR count). The predicted molar refractivity (Wildman–Crippen MR) is 90.9 cm³/mol. The van der Waals surface area contributed by atoms with Crippen LogP contribution in [-0.2, 0) is 4.79 Å². The number of thioether (sulfide) groups is 1. The summed E-state index contributed by atoms with van der Waals surface area (Å²) < 4.78 is 6.05. The van der Waals surface area contributed by atoms with Gasteiger partial charge in [0.2, 0.25) is 5.91 Å². The normalized spacial score (nSPS) is 10.2. The van der Waals surface area contributed by atoms with Crippen LogP contribution in [0.1, 0.15) is 0 Å². The van der Waals surface area contributed by atoms with Gasteiger partial charge in [-0.25, -0.2) is 0 Å². The third-order valence-corrected chi connectivity index (χ3v) is 4.25. The van der Waals surface area contributed by atoms with Crippen molar-refractivity contribution in [3.05, 3.63) is 46.9 Å². The lowest BCUT2D eigenvalue weighted by Crippen LogP contribution is -2.14. The number of amides is 1. The van der Waals surface area contributed by atoms with Crippen LogP contribution in [0, 0.1) is 0 Å². The molecule has 0 spiro atoms. The Balaban J connectivity index is 1.94. The first kappa shape index (κ1) is 15.7. The predicted octanol–water partition coefficient (Wildman–Crippen LogP) is 3.77. The highest BCUT2D eigenvalue weighted by Gasteiger charge is 2.07. The lowest BCUT2D eigenvalue weighted by molar-refractivity contribution is -0.113. The van der Waals surface area contributed by atoms with E-state index in [0.29, 0.717) is 17.1 Å². The second kappa shape index (κ2) is 7.38. The number of hydrogen-bond donors (Lipinski definition) is 2. The summed E-state index contributed by atoms with van der Waals surface area (Å²) in [6.07, 6.45) is 0. The SMILES string of the molecule is COc1cccc(NC(=O)CSc2cc(Br)ccc2N)c1. The number of nitrogens with two attached hydrogens (primary N) is 1. The maximum absolute atomic E-state index is 12.0. The van der Waals surface area contributed by atoms with E-state index in [-0.39, 0.29) is 11.7 Å². The Bertz CT molecular complexity index is 649. The standard InChI is InChI=1S/C15H15BrN2O2S/c1-20-12-4-2-3-11(8-12)18-15(19)9-21-14-7-10(16)5-6-13(14)17/h2-8H,9,17H2,1H3,(H,18,19). The fraction of sp³-hybridized carbons (Fsp3) is 0.133. The molecule has 0 heterocycles. The van der Waals surface area contributed by atoms with Gasteiger partial charge in [0.1, 0.15) is 5.75 Å². The second-order valence-electron chi connectivity index (χ2n) is 4.25. The number of nitrogen functional groups attached to an aromatic ring is 1. The fourth-order valence-electron chi connectivity index (χ4n) is 1.67. The van der Waals surface area contributed by atoms with Gasteiger partial charge in [0.15, 0.2) is 0 Å². The Morgan fingerprint density at radius 1 is 1.33 bits per heavy atom. The van der Waals surface area contributed by atoms with Crippen molar-refractivity contribution in [3.63, 3.8) is 0 Å². The maximum Gasteiger partial charge on any atom is 0.234 e. The van der Waals surface area contributed by atoms with E-state index >= 15 is 0 Å². The average molecular weight is 367 g/mol. The van der Waals surface area contributed by atoms with Gasteiger partial charge < -0.3 is 15.8 Å². The highest BCUT2D eigenvalue weighted by Crippen LogP contribution is 2.28. The number of carbonyl (C=O) groups is 1. The molecule has 0 saturated heterocycles. The summed E-state index contributed by atoms with van der Waals surface area (Å²) in [6.45, 7) is 0. The van der Waals surface area contributed by atoms with E-state index in [1.165, 1.54) is 11.8 Å². The van der Waals surface area contributed by atoms with Gasteiger partial charge >= 0.3 is 0 Å². The van der Waals surface area contributed by atoms with Crippen molar-refractivity contribution in [1.82, 2.24) is 0 Å². The summed E-state index contributed by atoms with van der Waals surface area (Å²) in [5.74, 6) is 0.905. The number of hydrogen-bond acceptors (Lipinski definition) is 4. The first-order valence-electron chi connectivity index (χ1n) is 6.20. The van der Waals surface area contributed by atoms with Crippen molar-refractivity contribution < 1.29 is 9.53 Å². The van der Waals surface area contributed by atoms with E-state index in [1.54, 1.807) is 13.2 Å². The molecule has 4 nitrogen and oxygen atoms in total. The molecule has 0 aromatic heterocycles. The Labute approximate surface area is 136 Å². The Morgan fingerprint density at radius 3 is 2.90 bits per heavy atom. The molecule has 0 unspecified atom stereocenters. The number of halogens is 1. The summed E-state index contributed by atoms with van der Waals surface area (Å²) in [4.78, 5) is 12.8. The third kappa shape index (κ3) is 4.68. The number of carbonyl (C=O) groups excluding carboxylic acids is 1. The van der Waals surface area contributed by atoms with E-state index in [9.17, 15) is 4.79 Å². The topological polar surface area (TPSA) is 64.3 Å². The Kier molecular flexibility index (Phi) is 5.52. The first-order chi connectivity index (χ1) is 10.1. The minimum Gasteiger partial charge on any atom is -0.497 e. The minimum atomic E-state index is -0.0902. The van der Waals surface area contributed by atoms with Crippen molar-refractivity contribution in [2.75, 3.05) is 23.9 Å². The molecule has 0 atom stereocenters. The van der Waals surface area contributed by atoms with Crippen LogP contribution in [0.3, 0.4) is 0 Å². The molecular formula is C15H15BrN2O2S. The molecule has 6 heteroatoms. The van der Waals surface area contributed by atoms with Gasteiger partial charge in [-0.15, -0.1) is 11.8 Å². The monoisotopic (exact) mass is 366 g/mol. The molecule has 110 valence electrons. The summed E-state index contributed by atoms with van der Waals surface area (Å²) in [6, 6.07) is 12.8. The van der Waals surface area contributed by atoms with Crippen LogP contribution >= 0.6 is 27.7 Å². The van der Waals surface area contributed by atoms with Crippen LogP contribution in [0.25, 0.3) is 0 Å². The van der Waals surface area contributed by atoms with Crippen molar-refractivity contribution in [2.45, 2.75) is 4.90 Å². The molecule has 1 amide bonds. The van der Waals surface area contributed by atoms with Crippen LogP contribution in [0.2, 0.25) is 0 Å². The quantitative estimate of drug-likeness (QED) is 0.624. The number of ether oxygens (including phenoxy) is 1. The molecule has 2 aromatic carbocycles. The zero-order valence-electron chi connectivity index (χ0n) is 11.4. The summed E-state index contributed by atoms with van der Waals surface area (Å²) in [5, 5.41) is 2.83. The summed E-state index contributed by atoms with van der Waals surface area (Å²) >= 11 is 4.79. The average Bonchev–Trinajstić information content (AvgIpc) is 2.48. The smallest absolute Gasteiger partial charge is 0.234 e. The number of anilines is 2. The molecule has 0 radical (unpaired) electrons. The number of nitrogens with one attached hydrogen (secondary N) is 1. The Morgan fingerprint density at radius 2 is 2.14 bits per heavy atom. The lowest BCUT2D eigenvalue weighted by atomic mass is 10.3. The molecule has 0 aliphatic heterocycles. The van der Waals surface area contributed by atoms with Crippen molar-refractivity contribution in [3.8, 4) is 5.75 Å². The number of methoxy groups -OCH3 is 1. The van der Waals surface area contributed by atoms with E-state index in [2.05, 4.69) is 21.2 Å². The largest absolute Gasteiger partial charge is 0.497 e. The van der Waals surface area contributed by atoms with E-state index in [4.69, 9.17) is 10.5 Å². The van der Waals surface area contributed by atoms with Gasteiger partial charge in [-0.2, -0.15) is 0 Å². The number of benzene rings is 2. The third-order valence-electron chi connectivity index (χ3n) is 2.69. The van der Waals surface area contributed by atoms with Crippen LogP contribution < -0.4 is 15.8 Å². The second-order valence-corrected chi connectivity index (χ2v) is 6.18. The molecular weight excluding hydrogens is 352 g/mol. The van der Waals surface area contributed by atoms with E-state index in [0.717, 1.165) is 9.37 Å². The molecule has 0 fully saturated rings. The molecule has 0 aliphatic carbocycles. The van der Waals surface area contributed by atoms with Gasteiger partial charge in [-0.3, -0.25) is 4.79 Å². The van der Waals surface area contributed by atoms with Crippen molar-refractivity contribution in [2.24, 2.45) is 0 Å². The fourth-order valence-corrected chi connectivity index (χ4v) is 2.99. The minimum absolute atomic E-state index is 0.0902. The zero-order valence-corrected chi connectivity index (χ0v) is 13.8. The molecule has 0 aliphatic rings. The van der Waals surface area contributed by atoms with Gasteiger partial charge in [0, 0.05) is 26.8 Å². The van der Waals surface area contributed by atoms with Crippen molar-refractivity contribution >= 4 is 45.0 Å². The van der Waals surface area contributed by atoms with Crippen LogP contribution in [-0.4, -0.2) is 18.8 Å². The van der Waals surface area contributed by atoms with Crippen molar-refractivity contribution in [1.29, 1.82) is 0 Å². The van der Waals surface area contributed by atoms with Gasteiger partial charge in [0.25, 0.3) is 0 Å². The van der Waals surface area contributed by atoms with E-state index in [1.807, 2.05) is 36.4 Å². The van der Waals surface area contributed by atoms with Gasteiger partial charge in [-0.05, 0) is 30.3 Å². The van der Waals surface area contributed by atoms with Crippen LogP contribution in [0.5, 0.6) is 5.75 Å². The maximum atomic E-state index is 12.0. The number of rotatable bonds is 5. The summed E-state index contributed by atoms with van der Waals surface area (Å²) in [5.41, 5.74) is 7.25. The first-order valence-corrected chi connectivity index (χ1v) is 7.98. The molecule has 21 heavy (non-hydrogen) atoms. The van der Waals surface area contributed by atoms with Gasteiger partial charge in [0.05, 0.1) is 12.9 Å². The zero-order chi connectivity index (χ0) is 15.2. The van der Waals surface area contributed by atoms with Crippen LogP contribution in [0.15, 0.2) is 51.8 Å². The molecule has 0 bridgehead atoms.